The average Bonchev–Trinajstić information content (AvgIpc) is 3.17. The number of hydrazone groups is 2. The second kappa shape index (κ2) is 7.50. The van der Waals surface area contributed by atoms with Crippen LogP contribution >= 0.6 is 31.9 Å². The van der Waals surface area contributed by atoms with Crippen LogP contribution in [0.3, 0.4) is 0 Å². The number of alkyl halides is 2. The molecule has 29 heavy (non-hydrogen) atoms. The Morgan fingerprint density at radius 3 is 1.97 bits per heavy atom. The van der Waals surface area contributed by atoms with E-state index in [4.69, 9.17) is 0 Å². The summed E-state index contributed by atoms with van der Waals surface area (Å²) in [6.45, 7) is 3.59. The summed E-state index contributed by atoms with van der Waals surface area (Å²) in [5, 5.41) is 11.7. The lowest BCUT2D eigenvalue weighted by atomic mass is 9.88. The Balaban J connectivity index is 1.65. The lowest BCUT2D eigenvalue weighted by molar-refractivity contribution is -0.120. The molecule has 0 aliphatic carbocycles. The Morgan fingerprint density at radius 1 is 0.897 bits per heavy atom. The molecule has 0 unspecified atom stereocenters. The number of amides is 2. The molecule has 148 valence electrons. The molecule has 0 aromatic heterocycles. The Bertz CT molecular complexity index is 1030. The normalized spacial score (nSPS) is 25.3. The van der Waals surface area contributed by atoms with Crippen molar-refractivity contribution in [3.05, 3.63) is 60.7 Å². The molecule has 4 rings (SSSR count). The van der Waals surface area contributed by atoms with Crippen LogP contribution in [0.2, 0.25) is 0 Å². The van der Waals surface area contributed by atoms with Gasteiger partial charge in [-0.25, -0.2) is 5.01 Å². The smallest absolute Gasteiger partial charge is 0.271 e. The lowest BCUT2D eigenvalue weighted by Gasteiger charge is -2.30. The fourth-order valence-electron chi connectivity index (χ4n) is 3.54. The van der Waals surface area contributed by atoms with E-state index in [1.807, 2.05) is 60.7 Å². The van der Waals surface area contributed by atoms with Gasteiger partial charge in [-0.2, -0.15) is 15.2 Å². The zero-order valence-corrected chi connectivity index (χ0v) is 19.0. The van der Waals surface area contributed by atoms with E-state index < -0.39 is 15.1 Å². The van der Waals surface area contributed by atoms with Crippen LogP contribution in [0.5, 0.6) is 0 Å². The van der Waals surface area contributed by atoms with Crippen LogP contribution in [0.4, 0.5) is 11.4 Å². The molecule has 0 spiro atoms. The summed E-state index contributed by atoms with van der Waals surface area (Å²) < 4.78 is -1.16. The highest BCUT2D eigenvalue weighted by atomic mass is 79.9. The van der Waals surface area contributed by atoms with Crippen LogP contribution in [-0.2, 0) is 9.59 Å². The molecule has 2 aliphatic heterocycles. The van der Waals surface area contributed by atoms with Crippen molar-refractivity contribution in [3.8, 4) is 0 Å². The summed E-state index contributed by atoms with van der Waals surface area (Å²) in [6.07, 6.45) is 0. The molecule has 2 amide bonds. The summed E-state index contributed by atoms with van der Waals surface area (Å²) >= 11 is 7.27. The van der Waals surface area contributed by atoms with Crippen molar-refractivity contribution >= 4 is 66.5 Å². The van der Waals surface area contributed by atoms with Gasteiger partial charge in [0.05, 0.1) is 27.8 Å². The van der Waals surface area contributed by atoms with Gasteiger partial charge in [0.1, 0.15) is 0 Å². The van der Waals surface area contributed by atoms with Crippen LogP contribution in [0.15, 0.2) is 70.9 Å². The fourth-order valence-corrected chi connectivity index (χ4v) is 5.19. The van der Waals surface area contributed by atoms with Crippen LogP contribution < -0.4 is 10.0 Å². The minimum absolute atomic E-state index is 0.187. The van der Waals surface area contributed by atoms with Gasteiger partial charge in [0.25, 0.3) is 11.8 Å². The third-order valence-electron chi connectivity index (χ3n) is 5.14. The monoisotopic (exact) mass is 516 g/mol. The first-order valence-electron chi connectivity index (χ1n) is 9.08. The number of anilines is 2. The van der Waals surface area contributed by atoms with E-state index in [-0.39, 0.29) is 11.8 Å². The topological polar surface area (TPSA) is 65.3 Å². The van der Waals surface area contributed by atoms with E-state index in [2.05, 4.69) is 42.1 Å². The van der Waals surface area contributed by atoms with E-state index in [1.165, 1.54) is 10.0 Å². The maximum absolute atomic E-state index is 13.4. The molecule has 0 bridgehead atoms. The molecule has 2 aromatic rings. The molecule has 0 N–H and O–H groups in total. The van der Waals surface area contributed by atoms with Crippen molar-refractivity contribution in [3.63, 3.8) is 0 Å². The molecule has 3 atom stereocenters. The van der Waals surface area contributed by atoms with Crippen molar-refractivity contribution in [2.24, 2.45) is 16.1 Å². The van der Waals surface area contributed by atoms with Gasteiger partial charge >= 0.3 is 0 Å². The standard InChI is InChI=1S/C21H18Br2N4O2/c1-13-17(19(28)26(24-13)15-9-5-3-6-10-15)18(22)21(23)14(2)25-27(20(21)29)16-11-7-4-8-12-16/h3-12,17-18H,1-2H3/t17-,18-,21+/m0/s1. The number of carbonyl (C=O) groups is 2. The maximum atomic E-state index is 13.4. The molecule has 0 saturated carbocycles. The first-order chi connectivity index (χ1) is 13.9. The first kappa shape index (κ1) is 20.0. The van der Waals surface area contributed by atoms with Crippen LogP contribution in [0.25, 0.3) is 0 Å². The van der Waals surface area contributed by atoms with E-state index in [0.717, 1.165) is 0 Å². The zero-order chi connectivity index (χ0) is 20.8. The molecule has 0 radical (unpaired) electrons. The first-order valence-corrected chi connectivity index (χ1v) is 10.8. The Morgan fingerprint density at radius 2 is 1.41 bits per heavy atom. The molecule has 2 heterocycles. The van der Waals surface area contributed by atoms with Gasteiger partial charge in [-0.05, 0) is 38.1 Å². The number of para-hydroxylation sites is 2. The van der Waals surface area contributed by atoms with Crippen LogP contribution in [-0.4, -0.2) is 32.4 Å². The largest absolute Gasteiger partial charge is 0.272 e. The number of nitrogens with zero attached hydrogens (tertiary/aromatic N) is 4. The number of hydrogen-bond donors (Lipinski definition) is 0. The SMILES string of the molecule is CC1=NN(c2ccccc2)C(=O)[C@@H]1[C@H](Br)[C@@]1(Br)C(=O)N(c2ccccc2)N=C1C. The molecular weight excluding hydrogens is 500 g/mol. The third kappa shape index (κ3) is 3.14. The molecule has 8 heteroatoms. The summed E-state index contributed by atoms with van der Waals surface area (Å²) in [6, 6.07) is 18.5. The van der Waals surface area contributed by atoms with Crippen molar-refractivity contribution in [2.45, 2.75) is 23.0 Å². The van der Waals surface area contributed by atoms with Gasteiger partial charge in [0.15, 0.2) is 4.32 Å². The quantitative estimate of drug-likeness (QED) is 0.566. The second-order valence-corrected chi connectivity index (χ2v) is 9.19. The highest BCUT2D eigenvalue weighted by Crippen LogP contribution is 2.43. The van der Waals surface area contributed by atoms with Gasteiger partial charge < -0.3 is 0 Å². The molecule has 0 saturated heterocycles. The summed E-state index contributed by atoms with van der Waals surface area (Å²) in [4.78, 5) is 26.0. The molecule has 2 aliphatic rings. The highest BCUT2D eigenvalue weighted by molar-refractivity contribution is 9.13. The van der Waals surface area contributed by atoms with Gasteiger partial charge in [-0.3, -0.25) is 9.59 Å². The number of carbonyl (C=O) groups excluding carboxylic acids is 2. The predicted octanol–water partition coefficient (Wildman–Crippen LogP) is 4.35. The number of halogens is 2. The molecule has 2 aromatic carbocycles. The van der Waals surface area contributed by atoms with Gasteiger partial charge in [-0.15, -0.1) is 0 Å². The number of benzene rings is 2. The maximum Gasteiger partial charge on any atom is 0.271 e. The third-order valence-corrected chi connectivity index (χ3v) is 8.37. The zero-order valence-electron chi connectivity index (χ0n) is 15.8. The summed E-state index contributed by atoms with van der Waals surface area (Å²) in [5.74, 6) is -1.05. The Kier molecular flexibility index (Phi) is 5.16. The summed E-state index contributed by atoms with van der Waals surface area (Å²) in [5.41, 5.74) is 2.58. The number of rotatable bonds is 4. The van der Waals surface area contributed by atoms with Gasteiger partial charge in [0.2, 0.25) is 0 Å². The van der Waals surface area contributed by atoms with Crippen molar-refractivity contribution in [1.82, 2.24) is 0 Å². The van der Waals surface area contributed by atoms with Gasteiger partial charge in [-0.1, -0.05) is 68.3 Å². The Hall–Kier alpha value is -2.32. The van der Waals surface area contributed by atoms with E-state index in [0.29, 0.717) is 22.8 Å². The van der Waals surface area contributed by atoms with E-state index in [9.17, 15) is 9.59 Å². The lowest BCUT2D eigenvalue weighted by Crippen LogP contribution is -2.53. The minimum atomic E-state index is -1.16. The van der Waals surface area contributed by atoms with Crippen molar-refractivity contribution in [2.75, 3.05) is 10.0 Å². The van der Waals surface area contributed by atoms with Crippen molar-refractivity contribution in [1.29, 1.82) is 0 Å². The van der Waals surface area contributed by atoms with Crippen molar-refractivity contribution < 1.29 is 9.59 Å². The molecule has 6 nitrogen and oxygen atoms in total. The van der Waals surface area contributed by atoms with Gasteiger partial charge in [0, 0.05) is 5.71 Å². The van der Waals surface area contributed by atoms with E-state index >= 15 is 0 Å². The van der Waals surface area contributed by atoms with Crippen LogP contribution in [0.1, 0.15) is 13.8 Å². The predicted molar refractivity (Wildman–Crippen MR) is 122 cm³/mol. The number of hydrogen-bond acceptors (Lipinski definition) is 4. The minimum Gasteiger partial charge on any atom is -0.272 e. The fraction of sp³-hybridized carbons (Fsp3) is 0.238. The van der Waals surface area contributed by atoms with Crippen LogP contribution in [0, 0.1) is 5.92 Å². The average molecular weight is 518 g/mol. The second-order valence-electron chi connectivity index (χ2n) is 6.96. The summed E-state index contributed by atoms with van der Waals surface area (Å²) in [7, 11) is 0. The van der Waals surface area contributed by atoms with E-state index in [1.54, 1.807) is 13.8 Å². The molecule has 0 fully saturated rings. The highest BCUT2D eigenvalue weighted by Gasteiger charge is 2.58. The Labute approximate surface area is 185 Å². The molecular formula is C21H18Br2N4O2.